The molecule has 1 heterocycles. The minimum Gasteiger partial charge on any atom is -0.386 e. The van der Waals surface area contributed by atoms with Crippen molar-refractivity contribution in [1.82, 2.24) is 4.57 Å². The second-order valence-corrected chi connectivity index (χ2v) is 5.53. The van der Waals surface area contributed by atoms with Gasteiger partial charge in [0.2, 0.25) is 0 Å². The summed E-state index contributed by atoms with van der Waals surface area (Å²) in [6.45, 7) is 5.06. The van der Waals surface area contributed by atoms with E-state index in [0.717, 1.165) is 11.4 Å². The summed E-state index contributed by atoms with van der Waals surface area (Å²) in [5, 5.41) is 10.7. The van der Waals surface area contributed by atoms with Gasteiger partial charge in [0.15, 0.2) is 5.43 Å². The van der Waals surface area contributed by atoms with E-state index >= 15 is 0 Å². The predicted molar refractivity (Wildman–Crippen MR) is 77.0 cm³/mol. The summed E-state index contributed by atoms with van der Waals surface area (Å²) in [5.41, 5.74) is 0.745. The molecule has 100 valence electrons. The van der Waals surface area contributed by atoms with Crippen LogP contribution in [0.2, 0.25) is 5.02 Å². The first-order valence-corrected chi connectivity index (χ1v) is 6.39. The molecule has 0 bridgehead atoms. The van der Waals surface area contributed by atoms with E-state index < -0.39 is 5.60 Å². The lowest BCUT2D eigenvalue weighted by molar-refractivity contribution is 0.0769. The minimum absolute atomic E-state index is 0.157. The summed E-state index contributed by atoms with van der Waals surface area (Å²) in [4.78, 5) is 11.9. The molecule has 1 aromatic carbocycles. The molecular weight excluding hydrogens is 262 g/mol. The van der Waals surface area contributed by atoms with E-state index in [4.69, 9.17) is 11.6 Å². The molecule has 0 aliphatic heterocycles. The van der Waals surface area contributed by atoms with Crippen molar-refractivity contribution < 1.29 is 5.11 Å². The van der Waals surface area contributed by atoms with Crippen molar-refractivity contribution in [1.29, 1.82) is 0 Å². The van der Waals surface area contributed by atoms with Gasteiger partial charge < -0.3 is 9.67 Å². The van der Waals surface area contributed by atoms with Crippen molar-refractivity contribution >= 4 is 11.6 Å². The zero-order chi connectivity index (χ0) is 14.2. The van der Waals surface area contributed by atoms with Gasteiger partial charge in [-0.15, -0.1) is 0 Å². The van der Waals surface area contributed by atoms with Crippen LogP contribution in [-0.2, 0) is 5.60 Å². The molecule has 0 aliphatic rings. The summed E-state index contributed by atoms with van der Waals surface area (Å²) >= 11 is 5.87. The predicted octanol–water partition coefficient (Wildman–Crippen LogP) is 3.03. The highest BCUT2D eigenvalue weighted by Gasteiger charge is 2.20. The Kier molecular flexibility index (Phi) is 3.52. The maximum Gasteiger partial charge on any atom is 0.187 e. The molecule has 2 aromatic rings. The van der Waals surface area contributed by atoms with E-state index in [1.807, 2.05) is 23.6 Å². The van der Waals surface area contributed by atoms with Gasteiger partial charge in [-0.1, -0.05) is 11.6 Å². The number of hydrogen-bond acceptors (Lipinski definition) is 2. The summed E-state index contributed by atoms with van der Waals surface area (Å²) in [6, 6.07) is 8.85. The molecule has 4 heteroatoms. The van der Waals surface area contributed by atoms with Gasteiger partial charge in [0, 0.05) is 34.2 Å². The van der Waals surface area contributed by atoms with E-state index in [1.165, 1.54) is 6.07 Å². The number of pyridine rings is 1. The van der Waals surface area contributed by atoms with Crippen LogP contribution in [0.1, 0.15) is 25.1 Å². The number of rotatable bonds is 2. The van der Waals surface area contributed by atoms with Crippen LogP contribution in [0.5, 0.6) is 0 Å². The lowest BCUT2D eigenvalue weighted by atomic mass is 9.99. The molecule has 0 atom stereocenters. The van der Waals surface area contributed by atoms with E-state index in [0.29, 0.717) is 10.6 Å². The number of aromatic nitrogens is 1. The largest absolute Gasteiger partial charge is 0.386 e. The van der Waals surface area contributed by atoms with Crippen molar-refractivity contribution in [3.8, 4) is 5.69 Å². The lowest BCUT2D eigenvalue weighted by Crippen LogP contribution is -2.27. The maximum atomic E-state index is 11.9. The zero-order valence-electron chi connectivity index (χ0n) is 11.1. The highest BCUT2D eigenvalue weighted by atomic mass is 35.5. The average molecular weight is 278 g/mol. The van der Waals surface area contributed by atoms with Crippen molar-refractivity contribution in [3.63, 3.8) is 0 Å². The molecule has 0 aliphatic carbocycles. The monoisotopic (exact) mass is 277 g/mol. The number of nitrogens with zero attached hydrogens (tertiary/aromatic N) is 1. The molecule has 3 nitrogen and oxygen atoms in total. The SMILES string of the molecule is Cc1cc(=O)c(C(C)(C)O)cn1-c1ccc(Cl)cc1. The Labute approximate surface area is 117 Å². The fourth-order valence-electron chi connectivity index (χ4n) is 1.97. The van der Waals surface area contributed by atoms with Gasteiger partial charge in [0.1, 0.15) is 0 Å². The molecule has 1 aromatic heterocycles. The molecule has 0 amide bonds. The molecule has 2 rings (SSSR count). The lowest BCUT2D eigenvalue weighted by Gasteiger charge is -2.20. The van der Waals surface area contributed by atoms with Gasteiger partial charge in [0.05, 0.1) is 5.60 Å². The summed E-state index contributed by atoms with van der Waals surface area (Å²) < 4.78 is 1.87. The van der Waals surface area contributed by atoms with E-state index in [-0.39, 0.29) is 5.43 Å². The van der Waals surface area contributed by atoms with Gasteiger partial charge in [-0.25, -0.2) is 0 Å². The highest BCUT2D eigenvalue weighted by Crippen LogP contribution is 2.20. The Morgan fingerprint density at radius 3 is 2.32 bits per heavy atom. The molecule has 0 saturated carbocycles. The van der Waals surface area contributed by atoms with E-state index in [2.05, 4.69) is 0 Å². The normalized spacial score (nSPS) is 11.6. The Bertz CT molecular complexity index is 651. The van der Waals surface area contributed by atoms with Gasteiger partial charge in [0.25, 0.3) is 0 Å². The van der Waals surface area contributed by atoms with Crippen LogP contribution in [0.25, 0.3) is 5.69 Å². The summed E-state index contributed by atoms with van der Waals surface area (Å²) in [5.74, 6) is 0. The molecule has 1 N–H and O–H groups in total. The number of aliphatic hydroxyl groups is 1. The third kappa shape index (κ3) is 2.88. The van der Waals surface area contributed by atoms with Crippen LogP contribution in [0.3, 0.4) is 0 Å². The van der Waals surface area contributed by atoms with Crippen molar-refractivity contribution in [2.24, 2.45) is 0 Å². The van der Waals surface area contributed by atoms with Crippen LogP contribution in [0, 0.1) is 6.92 Å². The molecule has 0 unspecified atom stereocenters. The standard InChI is InChI=1S/C15H16ClNO2/c1-10-8-14(18)13(15(2,3)19)9-17(10)12-6-4-11(16)5-7-12/h4-9,19H,1-3H3. The van der Waals surface area contributed by atoms with Crippen LogP contribution in [0.15, 0.2) is 41.3 Å². The van der Waals surface area contributed by atoms with Gasteiger partial charge in [-0.3, -0.25) is 4.79 Å². The van der Waals surface area contributed by atoms with Crippen LogP contribution in [0.4, 0.5) is 0 Å². The Hall–Kier alpha value is -1.58. The number of aryl methyl sites for hydroxylation is 1. The summed E-state index contributed by atoms with van der Waals surface area (Å²) in [6.07, 6.45) is 1.68. The van der Waals surface area contributed by atoms with Gasteiger partial charge in [-0.05, 0) is 45.0 Å². The number of benzene rings is 1. The molecule has 0 fully saturated rings. The van der Waals surface area contributed by atoms with Crippen molar-refractivity contribution in [2.75, 3.05) is 0 Å². The highest BCUT2D eigenvalue weighted by molar-refractivity contribution is 6.30. The molecular formula is C15H16ClNO2. The second kappa shape index (κ2) is 4.83. The van der Waals surface area contributed by atoms with Gasteiger partial charge >= 0.3 is 0 Å². The zero-order valence-corrected chi connectivity index (χ0v) is 11.9. The third-order valence-corrected chi connectivity index (χ3v) is 3.26. The van der Waals surface area contributed by atoms with Crippen LogP contribution >= 0.6 is 11.6 Å². The topological polar surface area (TPSA) is 42.2 Å². The maximum absolute atomic E-state index is 11.9. The number of halogens is 1. The second-order valence-electron chi connectivity index (χ2n) is 5.10. The first-order valence-electron chi connectivity index (χ1n) is 6.01. The molecule has 0 radical (unpaired) electrons. The van der Waals surface area contributed by atoms with Crippen LogP contribution in [-0.4, -0.2) is 9.67 Å². The van der Waals surface area contributed by atoms with Gasteiger partial charge in [-0.2, -0.15) is 0 Å². The fraction of sp³-hybridized carbons (Fsp3) is 0.267. The average Bonchev–Trinajstić information content (AvgIpc) is 2.29. The Balaban J connectivity index is 2.64. The molecule has 19 heavy (non-hydrogen) atoms. The quantitative estimate of drug-likeness (QED) is 0.917. The van der Waals surface area contributed by atoms with Crippen molar-refractivity contribution in [3.05, 3.63) is 63.0 Å². The minimum atomic E-state index is -1.17. The Morgan fingerprint density at radius 1 is 1.21 bits per heavy atom. The fourth-order valence-corrected chi connectivity index (χ4v) is 2.10. The Morgan fingerprint density at radius 2 is 1.79 bits per heavy atom. The number of hydrogen-bond donors (Lipinski definition) is 1. The third-order valence-electron chi connectivity index (χ3n) is 3.01. The van der Waals surface area contributed by atoms with E-state index in [1.54, 1.807) is 32.2 Å². The molecule has 0 spiro atoms. The van der Waals surface area contributed by atoms with E-state index in [9.17, 15) is 9.90 Å². The van der Waals surface area contributed by atoms with Crippen LogP contribution < -0.4 is 5.43 Å². The molecule has 0 saturated heterocycles. The smallest absolute Gasteiger partial charge is 0.187 e. The summed E-state index contributed by atoms with van der Waals surface area (Å²) in [7, 11) is 0. The first kappa shape index (κ1) is 13.8. The first-order chi connectivity index (χ1) is 8.79. The van der Waals surface area contributed by atoms with Crippen molar-refractivity contribution in [2.45, 2.75) is 26.4 Å².